The molecule has 2 aromatic rings. The van der Waals surface area contributed by atoms with E-state index in [1.54, 1.807) is 19.2 Å². The number of piperidine rings is 1. The van der Waals surface area contributed by atoms with E-state index in [2.05, 4.69) is 11.0 Å². The van der Waals surface area contributed by atoms with Gasteiger partial charge in [-0.2, -0.15) is 0 Å². The number of methoxy groups -OCH3 is 1. The minimum Gasteiger partial charge on any atom is -0.478 e. The molecule has 0 bridgehead atoms. The smallest absolute Gasteiger partial charge is 0.335 e. The number of carbonyl (C=O) groups is 3. The van der Waals surface area contributed by atoms with E-state index in [1.807, 2.05) is 17.0 Å². The van der Waals surface area contributed by atoms with Crippen LogP contribution in [0.15, 0.2) is 42.5 Å². The van der Waals surface area contributed by atoms with Crippen LogP contribution in [0.2, 0.25) is 0 Å². The molecule has 5 rings (SSSR count). The lowest BCUT2D eigenvalue weighted by molar-refractivity contribution is -0.144. The third-order valence-electron chi connectivity index (χ3n) is 9.21. The van der Waals surface area contributed by atoms with Crippen LogP contribution >= 0.6 is 0 Å². The van der Waals surface area contributed by atoms with Gasteiger partial charge < -0.3 is 25.4 Å². The molecule has 1 saturated carbocycles. The number of fused-ring (bicyclic) bond motifs is 1. The number of carbonyl (C=O) groups excluding carboxylic acids is 2. The van der Waals surface area contributed by atoms with Crippen molar-refractivity contribution < 1.29 is 24.2 Å². The summed E-state index contributed by atoms with van der Waals surface area (Å²) in [6, 6.07) is 12.0. The van der Waals surface area contributed by atoms with E-state index in [4.69, 9.17) is 10.5 Å². The van der Waals surface area contributed by atoms with Crippen molar-refractivity contribution in [3.8, 4) is 0 Å². The molecule has 0 radical (unpaired) electrons. The molecule has 2 aliphatic heterocycles. The van der Waals surface area contributed by atoms with E-state index in [0.29, 0.717) is 19.0 Å². The van der Waals surface area contributed by atoms with Crippen LogP contribution in [-0.4, -0.2) is 67.1 Å². The van der Waals surface area contributed by atoms with Crippen molar-refractivity contribution in [1.82, 2.24) is 4.90 Å². The first-order valence-electron chi connectivity index (χ1n) is 14.6. The summed E-state index contributed by atoms with van der Waals surface area (Å²) in [5, 5.41) is 9.26. The highest BCUT2D eigenvalue weighted by Crippen LogP contribution is 2.40. The fraction of sp³-hybridized carbons (Fsp3) is 0.531. The van der Waals surface area contributed by atoms with Gasteiger partial charge in [-0.1, -0.05) is 24.3 Å². The van der Waals surface area contributed by atoms with E-state index in [-0.39, 0.29) is 35.7 Å². The molecule has 0 aromatic heterocycles. The molecule has 1 aliphatic carbocycles. The predicted molar refractivity (Wildman–Crippen MR) is 153 cm³/mol. The van der Waals surface area contributed by atoms with Crippen LogP contribution in [0, 0.1) is 11.8 Å². The van der Waals surface area contributed by atoms with Crippen LogP contribution in [0.5, 0.6) is 0 Å². The molecule has 8 heteroatoms. The lowest BCUT2D eigenvalue weighted by Crippen LogP contribution is -2.47. The Hall–Kier alpha value is -3.23. The summed E-state index contributed by atoms with van der Waals surface area (Å²) < 4.78 is 5.57. The minimum atomic E-state index is -0.998. The Labute approximate surface area is 236 Å². The van der Waals surface area contributed by atoms with E-state index in [1.165, 1.54) is 12.1 Å². The number of Topliss-reactive ketones (excluding diaryl/α,β-unsaturated/α-hetero) is 1. The maximum Gasteiger partial charge on any atom is 0.335 e. The highest BCUT2D eigenvalue weighted by atomic mass is 16.5. The Balaban J connectivity index is 1.44. The predicted octanol–water partition coefficient (Wildman–Crippen LogP) is 4.00. The number of nitrogens with two attached hydrogens (primary N) is 1. The first-order chi connectivity index (χ1) is 19.4. The van der Waals surface area contributed by atoms with Crippen molar-refractivity contribution in [3.63, 3.8) is 0 Å². The zero-order valence-corrected chi connectivity index (χ0v) is 23.4. The van der Waals surface area contributed by atoms with Gasteiger partial charge in [0, 0.05) is 44.8 Å². The average molecular weight is 548 g/mol. The van der Waals surface area contributed by atoms with E-state index in [0.717, 1.165) is 80.4 Å². The van der Waals surface area contributed by atoms with Gasteiger partial charge in [-0.3, -0.25) is 9.59 Å². The van der Waals surface area contributed by atoms with Crippen molar-refractivity contribution in [3.05, 3.63) is 64.7 Å². The van der Waals surface area contributed by atoms with Crippen LogP contribution in [0.25, 0.3) is 0 Å². The van der Waals surface area contributed by atoms with Crippen molar-refractivity contribution in [2.45, 2.75) is 63.5 Å². The maximum atomic E-state index is 14.1. The van der Waals surface area contributed by atoms with E-state index < -0.39 is 12.0 Å². The molecular weight excluding hydrogens is 506 g/mol. The SMILES string of the molecule is COC1CCN(c2cccc3c2CCN(C(=O)C2CCC(CN)CC2)C3C(=O)Cc2ccc(C(=O)O)cc2)CC1. The third kappa shape index (κ3) is 5.93. The van der Waals surface area contributed by atoms with Gasteiger partial charge in [0.05, 0.1) is 11.7 Å². The number of ketones is 1. The van der Waals surface area contributed by atoms with Crippen molar-refractivity contribution in [2.75, 3.05) is 38.2 Å². The molecule has 1 unspecified atom stereocenters. The zero-order valence-electron chi connectivity index (χ0n) is 23.4. The van der Waals surface area contributed by atoms with Gasteiger partial charge in [0.15, 0.2) is 5.78 Å². The van der Waals surface area contributed by atoms with Crippen LogP contribution in [0.3, 0.4) is 0 Å². The Kier molecular flexibility index (Phi) is 8.86. The molecule has 214 valence electrons. The van der Waals surface area contributed by atoms with E-state index >= 15 is 0 Å². The topological polar surface area (TPSA) is 113 Å². The van der Waals surface area contributed by atoms with Crippen molar-refractivity contribution in [2.24, 2.45) is 17.6 Å². The number of carboxylic acid groups (broad SMARTS) is 1. The van der Waals surface area contributed by atoms with Gasteiger partial charge in [-0.15, -0.1) is 0 Å². The summed E-state index contributed by atoms with van der Waals surface area (Å²) in [6.07, 6.45) is 6.59. The van der Waals surface area contributed by atoms with E-state index in [9.17, 15) is 19.5 Å². The first kappa shape index (κ1) is 28.3. The number of hydrogen-bond donors (Lipinski definition) is 2. The molecule has 1 amide bonds. The van der Waals surface area contributed by atoms with Crippen molar-refractivity contribution >= 4 is 23.3 Å². The highest BCUT2D eigenvalue weighted by molar-refractivity contribution is 5.93. The number of ether oxygens (including phenoxy) is 1. The normalized spacial score (nSPS) is 23.5. The van der Waals surface area contributed by atoms with Gasteiger partial charge in [0.1, 0.15) is 6.04 Å². The van der Waals surface area contributed by atoms with Gasteiger partial charge >= 0.3 is 5.97 Å². The Morgan fingerprint density at radius 3 is 2.27 bits per heavy atom. The van der Waals surface area contributed by atoms with Crippen LogP contribution in [-0.2, 0) is 27.2 Å². The molecular formula is C32H41N3O5. The molecule has 3 N–H and O–H groups in total. The summed E-state index contributed by atoms with van der Waals surface area (Å²) in [4.78, 5) is 43.5. The first-order valence-corrected chi connectivity index (χ1v) is 14.6. The number of benzene rings is 2. The average Bonchev–Trinajstić information content (AvgIpc) is 3.00. The van der Waals surface area contributed by atoms with Gasteiger partial charge in [-0.05, 0) is 92.3 Å². The summed E-state index contributed by atoms with van der Waals surface area (Å²) in [5.74, 6) is -0.564. The largest absolute Gasteiger partial charge is 0.478 e. The molecule has 8 nitrogen and oxygen atoms in total. The third-order valence-corrected chi connectivity index (χ3v) is 9.21. The molecule has 2 heterocycles. The summed E-state index contributed by atoms with van der Waals surface area (Å²) >= 11 is 0. The Morgan fingerprint density at radius 2 is 1.65 bits per heavy atom. The maximum absolute atomic E-state index is 14.1. The second kappa shape index (κ2) is 12.5. The molecule has 0 spiro atoms. The minimum absolute atomic E-state index is 0.0386. The summed E-state index contributed by atoms with van der Waals surface area (Å²) in [7, 11) is 1.77. The Bertz CT molecular complexity index is 1210. The number of hydrogen-bond acceptors (Lipinski definition) is 6. The van der Waals surface area contributed by atoms with Crippen LogP contribution < -0.4 is 10.6 Å². The van der Waals surface area contributed by atoms with Gasteiger partial charge in [-0.25, -0.2) is 4.79 Å². The fourth-order valence-electron chi connectivity index (χ4n) is 6.81. The standard InChI is InChI=1S/C32H41N3O5/c1-40-25-13-16-34(17-14-25)28-4-2-3-27-26(28)15-18-35(31(37)23-9-7-22(20-33)8-10-23)30(27)29(36)19-21-5-11-24(12-6-21)32(38)39/h2-6,11-12,22-23,25,30H,7-10,13-20,33H2,1H3,(H,38,39). The van der Waals surface area contributed by atoms with Gasteiger partial charge in [0.25, 0.3) is 0 Å². The lowest BCUT2D eigenvalue weighted by atomic mass is 9.80. The molecule has 1 saturated heterocycles. The Morgan fingerprint density at radius 1 is 0.950 bits per heavy atom. The number of nitrogens with zero attached hydrogens (tertiary/aromatic N) is 2. The fourth-order valence-corrected chi connectivity index (χ4v) is 6.81. The molecule has 2 aromatic carbocycles. The second-order valence-corrected chi connectivity index (χ2v) is 11.5. The highest BCUT2D eigenvalue weighted by Gasteiger charge is 2.40. The quantitative estimate of drug-likeness (QED) is 0.514. The van der Waals surface area contributed by atoms with Crippen LogP contribution in [0.1, 0.15) is 71.6 Å². The van der Waals surface area contributed by atoms with Crippen molar-refractivity contribution in [1.29, 1.82) is 0 Å². The second-order valence-electron chi connectivity index (χ2n) is 11.5. The van der Waals surface area contributed by atoms with Gasteiger partial charge in [0.2, 0.25) is 5.91 Å². The zero-order chi connectivity index (χ0) is 28.2. The molecule has 40 heavy (non-hydrogen) atoms. The summed E-state index contributed by atoms with van der Waals surface area (Å²) in [6.45, 7) is 2.97. The summed E-state index contributed by atoms with van der Waals surface area (Å²) in [5.41, 5.74) is 10.1. The molecule has 1 atom stereocenters. The number of aromatic carboxylic acids is 1. The van der Waals surface area contributed by atoms with Crippen LogP contribution in [0.4, 0.5) is 5.69 Å². The molecule has 3 aliphatic rings. The molecule has 2 fully saturated rings. The lowest BCUT2D eigenvalue weighted by Gasteiger charge is -2.42. The number of amides is 1. The monoisotopic (exact) mass is 547 g/mol. The number of carboxylic acids is 1. The number of anilines is 1. The number of rotatable bonds is 8.